The highest BCUT2D eigenvalue weighted by Gasteiger charge is 2.15. The van der Waals surface area contributed by atoms with Gasteiger partial charge in [-0.15, -0.1) is 11.8 Å². The van der Waals surface area contributed by atoms with E-state index in [0.29, 0.717) is 0 Å². The molecule has 1 aliphatic heterocycles. The van der Waals surface area contributed by atoms with Crippen LogP contribution < -0.4 is 0 Å². The van der Waals surface area contributed by atoms with Gasteiger partial charge in [0.2, 0.25) is 0 Å². The van der Waals surface area contributed by atoms with Crippen molar-refractivity contribution in [3.05, 3.63) is 12.0 Å². The maximum Gasteiger partial charge on any atom is 0.0269 e. The molecular weight excluding hydrogens is 124 g/mol. The van der Waals surface area contributed by atoms with E-state index in [9.17, 15) is 0 Å². The molecule has 0 spiro atoms. The standard InChI is InChI=1S/C5H8S2/c1-2-7-5-3-6-4-5/h2,5H,1,3-4H2. The summed E-state index contributed by atoms with van der Waals surface area (Å²) in [6, 6.07) is 0. The van der Waals surface area contributed by atoms with Gasteiger partial charge in [-0.1, -0.05) is 6.58 Å². The summed E-state index contributed by atoms with van der Waals surface area (Å²) in [5.41, 5.74) is 0. The monoisotopic (exact) mass is 132 g/mol. The fraction of sp³-hybridized carbons (Fsp3) is 0.600. The average molecular weight is 132 g/mol. The molecule has 0 aromatic heterocycles. The summed E-state index contributed by atoms with van der Waals surface area (Å²) >= 11 is 3.88. The first-order valence-electron chi connectivity index (χ1n) is 2.27. The maximum atomic E-state index is 3.64. The molecule has 1 heterocycles. The van der Waals surface area contributed by atoms with E-state index in [1.165, 1.54) is 11.5 Å². The minimum Gasteiger partial charge on any atom is -0.160 e. The zero-order chi connectivity index (χ0) is 5.11. The van der Waals surface area contributed by atoms with E-state index in [1.54, 1.807) is 0 Å². The molecule has 7 heavy (non-hydrogen) atoms. The van der Waals surface area contributed by atoms with Gasteiger partial charge in [-0.3, -0.25) is 0 Å². The summed E-state index contributed by atoms with van der Waals surface area (Å²) < 4.78 is 0. The zero-order valence-corrected chi connectivity index (χ0v) is 5.73. The topological polar surface area (TPSA) is 0 Å². The van der Waals surface area contributed by atoms with Crippen molar-refractivity contribution in [3.8, 4) is 0 Å². The van der Waals surface area contributed by atoms with Crippen molar-refractivity contribution in [2.24, 2.45) is 0 Å². The van der Waals surface area contributed by atoms with E-state index >= 15 is 0 Å². The first-order chi connectivity index (χ1) is 3.43. The molecule has 0 saturated carbocycles. The third-order valence-electron chi connectivity index (χ3n) is 0.896. The summed E-state index contributed by atoms with van der Waals surface area (Å²) in [7, 11) is 0. The Kier molecular flexibility index (Phi) is 2.13. The van der Waals surface area contributed by atoms with E-state index < -0.39 is 0 Å². The average Bonchev–Trinajstić information content (AvgIpc) is 1.55. The minimum atomic E-state index is 0.891. The van der Waals surface area contributed by atoms with Crippen LogP contribution in [0.4, 0.5) is 0 Å². The van der Waals surface area contributed by atoms with Crippen molar-refractivity contribution in [3.63, 3.8) is 0 Å². The SMILES string of the molecule is C=CSC1CSC1. The number of hydrogen-bond donors (Lipinski definition) is 0. The maximum absolute atomic E-state index is 3.64. The van der Waals surface area contributed by atoms with Gasteiger partial charge in [-0.25, -0.2) is 0 Å². The van der Waals surface area contributed by atoms with Crippen LogP contribution in [0.1, 0.15) is 0 Å². The van der Waals surface area contributed by atoms with Crippen molar-refractivity contribution in [2.45, 2.75) is 5.25 Å². The van der Waals surface area contributed by atoms with Crippen LogP contribution in [0.15, 0.2) is 12.0 Å². The highest BCUT2D eigenvalue weighted by Crippen LogP contribution is 2.29. The lowest BCUT2D eigenvalue weighted by atomic mass is 10.5. The Morgan fingerprint density at radius 2 is 2.43 bits per heavy atom. The van der Waals surface area contributed by atoms with Crippen LogP contribution in [0.25, 0.3) is 0 Å². The molecule has 1 saturated heterocycles. The van der Waals surface area contributed by atoms with Gasteiger partial charge < -0.3 is 0 Å². The third kappa shape index (κ3) is 1.42. The summed E-state index contributed by atoms with van der Waals surface area (Å²) in [5.74, 6) is 2.66. The molecule has 0 atom stereocenters. The Morgan fingerprint density at radius 1 is 1.71 bits per heavy atom. The Balaban J connectivity index is 2.03. The highest BCUT2D eigenvalue weighted by atomic mass is 32.2. The summed E-state index contributed by atoms with van der Waals surface area (Å²) in [6.45, 7) is 3.64. The second-order valence-electron chi connectivity index (χ2n) is 1.46. The van der Waals surface area contributed by atoms with E-state index in [2.05, 4.69) is 6.58 Å². The molecule has 0 aliphatic carbocycles. The smallest absolute Gasteiger partial charge is 0.0269 e. The fourth-order valence-electron chi connectivity index (χ4n) is 0.429. The first-order valence-corrected chi connectivity index (χ1v) is 4.37. The molecule has 0 amide bonds. The van der Waals surface area contributed by atoms with Crippen molar-refractivity contribution in [1.29, 1.82) is 0 Å². The second-order valence-corrected chi connectivity index (χ2v) is 3.81. The van der Waals surface area contributed by atoms with Crippen LogP contribution in [0, 0.1) is 0 Å². The lowest BCUT2D eigenvalue weighted by Gasteiger charge is -2.21. The zero-order valence-electron chi connectivity index (χ0n) is 4.09. The highest BCUT2D eigenvalue weighted by molar-refractivity contribution is 8.08. The van der Waals surface area contributed by atoms with Crippen LogP contribution in [-0.4, -0.2) is 16.8 Å². The fourth-order valence-corrected chi connectivity index (χ4v) is 2.33. The van der Waals surface area contributed by atoms with Crippen LogP contribution >= 0.6 is 23.5 Å². The molecule has 2 heteroatoms. The van der Waals surface area contributed by atoms with Gasteiger partial charge in [0.15, 0.2) is 0 Å². The van der Waals surface area contributed by atoms with Gasteiger partial charge in [-0.05, 0) is 5.41 Å². The first kappa shape index (κ1) is 5.57. The van der Waals surface area contributed by atoms with E-state index in [4.69, 9.17) is 0 Å². The van der Waals surface area contributed by atoms with E-state index in [0.717, 1.165) is 5.25 Å². The van der Waals surface area contributed by atoms with Gasteiger partial charge >= 0.3 is 0 Å². The number of rotatable bonds is 2. The minimum absolute atomic E-state index is 0.891. The summed E-state index contributed by atoms with van der Waals surface area (Å²) in [5, 5.41) is 2.83. The quantitative estimate of drug-likeness (QED) is 0.563. The van der Waals surface area contributed by atoms with Gasteiger partial charge in [0.25, 0.3) is 0 Å². The Hall–Kier alpha value is 0.440. The van der Waals surface area contributed by atoms with Gasteiger partial charge in [0.1, 0.15) is 0 Å². The lowest BCUT2D eigenvalue weighted by Crippen LogP contribution is -2.19. The molecular formula is C5H8S2. The molecule has 0 unspecified atom stereocenters. The molecule has 1 aliphatic rings. The molecule has 1 rings (SSSR count). The Morgan fingerprint density at radius 3 is 2.57 bits per heavy atom. The number of thioether (sulfide) groups is 2. The molecule has 0 aromatic rings. The normalized spacial score (nSPS) is 21.1. The van der Waals surface area contributed by atoms with Crippen LogP contribution in [0.2, 0.25) is 0 Å². The van der Waals surface area contributed by atoms with Crippen LogP contribution in [0.3, 0.4) is 0 Å². The molecule has 1 fully saturated rings. The van der Waals surface area contributed by atoms with Crippen molar-refractivity contribution >= 4 is 23.5 Å². The van der Waals surface area contributed by atoms with Crippen LogP contribution in [-0.2, 0) is 0 Å². The lowest BCUT2D eigenvalue weighted by molar-refractivity contribution is 1.09. The van der Waals surface area contributed by atoms with Crippen molar-refractivity contribution in [2.75, 3.05) is 11.5 Å². The second kappa shape index (κ2) is 2.68. The Bertz CT molecular complexity index is 66.5. The number of hydrogen-bond acceptors (Lipinski definition) is 2. The van der Waals surface area contributed by atoms with Gasteiger partial charge in [-0.2, -0.15) is 11.8 Å². The largest absolute Gasteiger partial charge is 0.160 e. The van der Waals surface area contributed by atoms with Gasteiger partial charge in [0.05, 0.1) is 0 Å². The molecule has 40 valence electrons. The van der Waals surface area contributed by atoms with Crippen molar-refractivity contribution < 1.29 is 0 Å². The van der Waals surface area contributed by atoms with E-state index in [1.807, 2.05) is 28.9 Å². The van der Waals surface area contributed by atoms with Crippen LogP contribution in [0.5, 0.6) is 0 Å². The molecule has 0 radical (unpaired) electrons. The molecule has 0 bridgehead atoms. The molecule has 0 nitrogen and oxygen atoms in total. The Labute approximate surface area is 52.7 Å². The van der Waals surface area contributed by atoms with Crippen molar-refractivity contribution in [1.82, 2.24) is 0 Å². The molecule has 0 N–H and O–H groups in total. The predicted octanol–water partition coefficient (Wildman–Crippen LogP) is 1.98. The third-order valence-corrected chi connectivity index (χ3v) is 3.50. The summed E-state index contributed by atoms with van der Waals surface area (Å²) in [6.07, 6.45) is 0. The summed E-state index contributed by atoms with van der Waals surface area (Å²) in [4.78, 5) is 0. The van der Waals surface area contributed by atoms with Gasteiger partial charge in [0, 0.05) is 16.8 Å². The van der Waals surface area contributed by atoms with E-state index in [-0.39, 0.29) is 0 Å². The molecule has 0 aromatic carbocycles. The predicted molar refractivity (Wildman–Crippen MR) is 38.9 cm³/mol.